The summed E-state index contributed by atoms with van der Waals surface area (Å²) >= 11 is 0. The molecule has 1 aliphatic heterocycles. The zero-order valence-corrected chi connectivity index (χ0v) is 18.4. The van der Waals surface area contributed by atoms with E-state index in [0.717, 1.165) is 0 Å². The van der Waals surface area contributed by atoms with Gasteiger partial charge in [-0.05, 0) is 31.0 Å². The highest BCUT2D eigenvalue weighted by Gasteiger charge is 2.27. The molecule has 170 valence electrons. The van der Waals surface area contributed by atoms with E-state index >= 15 is 0 Å². The van der Waals surface area contributed by atoms with Gasteiger partial charge in [-0.15, -0.1) is 0 Å². The van der Waals surface area contributed by atoms with Crippen LogP contribution in [0.3, 0.4) is 0 Å². The van der Waals surface area contributed by atoms with Crippen LogP contribution in [0.2, 0.25) is 0 Å². The third kappa shape index (κ3) is 4.42. The third-order valence-electron chi connectivity index (χ3n) is 5.24. The molecule has 3 heterocycles. The molecule has 1 fully saturated rings. The molecule has 1 aromatic carbocycles. The van der Waals surface area contributed by atoms with Crippen LogP contribution in [-0.4, -0.2) is 71.1 Å². The number of fused-ring (bicyclic) bond motifs is 1. The molecular weight excluding hydrogens is 436 g/mol. The number of nitrogens with zero attached hydrogens (tertiary/aromatic N) is 5. The molecule has 3 aromatic rings. The minimum absolute atomic E-state index is 0.0686. The Morgan fingerprint density at radius 1 is 1.22 bits per heavy atom. The summed E-state index contributed by atoms with van der Waals surface area (Å²) in [6.07, 6.45) is 3.50. The summed E-state index contributed by atoms with van der Waals surface area (Å²) in [6.45, 7) is 3.69. The summed E-state index contributed by atoms with van der Waals surface area (Å²) in [5.74, 6) is -0.258. The number of nitrogen functional groups attached to an aromatic ring is 1. The number of rotatable bonds is 7. The average Bonchev–Trinajstić information content (AvgIpc) is 3.21. The van der Waals surface area contributed by atoms with Crippen molar-refractivity contribution in [1.82, 2.24) is 23.8 Å². The van der Waals surface area contributed by atoms with Gasteiger partial charge >= 0.3 is 5.97 Å². The van der Waals surface area contributed by atoms with Crippen molar-refractivity contribution in [3.63, 3.8) is 0 Å². The second-order valence-corrected chi connectivity index (χ2v) is 9.29. The zero-order chi connectivity index (χ0) is 22.7. The van der Waals surface area contributed by atoms with E-state index in [1.807, 2.05) is 4.57 Å². The molecule has 11 nitrogen and oxygen atoms in total. The lowest BCUT2D eigenvalue weighted by molar-refractivity contribution is 0.0495. The first-order valence-corrected chi connectivity index (χ1v) is 11.6. The van der Waals surface area contributed by atoms with Gasteiger partial charge < -0.3 is 19.8 Å². The minimum Gasteiger partial charge on any atom is -0.462 e. The summed E-state index contributed by atoms with van der Waals surface area (Å²) in [4.78, 5) is 25.0. The van der Waals surface area contributed by atoms with Gasteiger partial charge in [0.05, 0.1) is 36.6 Å². The molecule has 2 N–H and O–H groups in total. The molecule has 0 aliphatic carbocycles. The molecular formula is C20H24N6O5S. The van der Waals surface area contributed by atoms with Gasteiger partial charge in [0.1, 0.15) is 11.8 Å². The number of hydrogen-bond acceptors (Lipinski definition) is 9. The van der Waals surface area contributed by atoms with Gasteiger partial charge in [0.15, 0.2) is 11.5 Å². The molecule has 12 heteroatoms. The Kier molecular flexibility index (Phi) is 6.35. The van der Waals surface area contributed by atoms with Crippen LogP contribution >= 0.6 is 0 Å². The Bertz CT molecular complexity index is 1240. The maximum Gasteiger partial charge on any atom is 0.338 e. The van der Waals surface area contributed by atoms with Crippen molar-refractivity contribution in [2.75, 3.05) is 38.6 Å². The van der Waals surface area contributed by atoms with Gasteiger partial charge in [-0.1, -0.05) is 6.07 Å². The van der Waals surface area contributed by atoms with E-state index in [4.69, 9.17) is 15.2 Å². The number of hydrogen-bond donors (Lipinski definition) is 1. The van der Waals surface area contributed by atoms with Crippen LogP contribution in [0.4, 0.5) is 5.82 Å². The number of benzene rings is 1. The monoisotopic (exact) mass is 460 g/mol. The summed E-state index contributed by atoms with van der Waals surface area (Å²) in [5.41, 5.74) is 7.79. The molecule has 0 radical (unpaired) electrons. The fraction of sp³-hybridized carbons (Fsp3) is 0.400. The van der Waals surface area contributed by atoms with Crippen molar-refractivity contribution in [3.8, 4) is 0 Å². The zero-order valence-electron chi connectivity index (χ0n) is 17.6. The van der Waals surface area contributed by atoms with Gasteiger partial charge in [-0.25, -0.2) is 28.2 Å². The number of anilines is 1. The maximum absolute atomic E-state index is 12.9. The Morgan fingerprint density at radius 2 is 2.00 bits per heavy atom. The van der Waals surface area contributed by atoms with E-state index in [-0.39, 0.29) is 30.2 Å². The quantitative estimate of drug-likeness (QED) is 0.403. The highest BCUT2D eigenvalue weighted by Crippen LogP contribution is 2.21. The van der Waals surface area contributed by atoms with Gasteiger partial charge in [0.2, 0.25) is 10.0 Å². The number of carbonyl (C=O) groups is 1. The van der Waals surface area contributed by atoms with Crippen molar-refractivity contribution in [1.29, 1.82) is 0 Å². The summed E-state index contributed by atoms with van der Waals surface area (Å²) in [5, 5.41) is 0. The average molecular weight is 461 g/mol. The number of carbonyl (C=O) groups excluding carboxylic acids is 1. The van der Waals surface area contributed by atoms with Crippen LogP contribution in [0.15, 0.2) is 35.7 Å². The summed E-state index contributed by atoms with van der Waals surface area (Å²) < 4.78 is 39.6. The first kappa shape index (κ1) is 22.1. The highest BCUT2D eigenvalue weighted by atomic mass is 32.2. The second kappa shape index (κ2) is 9.18. The number of morpholine rings is 1. The molecule has 1 aliphatic rings. The largest absolute Gasteiger partial charge is 0.462 e. The van der Waals surface area contributed by atoms with Crippen LogP contribution in [0.1, 0.15) is 22.3 Å². The molecule has 4 rings (SSSR count). The molecule has 1 saturated heterocycles. The van der Waals surface area contributed by atoms with Crippen LogP contribution in [0, 0.1) is 6.92 Å². The van der Waals surface area contributed by atoms with E-state index in [2.05, 4.69) is 15.0 Å². The lowest BCUT2D eigenvalue weighted by Gasteiger charge is -2.26. The molecule has 0 bridgehead atoms. The lowest BCUT2D eigenvalue weighted by Crippen LogP contribution is -2.40. The number of esters is 1. The third-order valence-corrected chi connectivity index (χ3v) is 7.14. The van der Waals surface area contributed by atoms with Crippen molar-refractivity contribution in [2.24, 2.45) is 0 Å². The topological polar surface area (TPSA) is 143 Å². The predicted octanol–water partition coefficient (Wildman–Crippen LogP) is 0.985. The smallest absolute Gasteiger partial charge is 0.338 e. The van der Waals surface area contributed by atoms with Crippen LogP contribution in [-0.2, 0) is 26.0 Å². The predicted molar refractivity (Wildman–Crippen MR) is 115 cm³/mol. The van der Waals surface area contributed by atoms with E-state index in [9.17, 15) is 13.2 Å². The van der Waals surface area contributed by atoms with Gasteiger partial charge in [0.25, 0.3) is 0 Å². The molecule has 2 aromatic heterocycles. The van der Waals surface area contributed by atoms with E-state index in [1.54, 1.807) is 19.3 Å². The van der Waals surface area contributed by atoms with Gasteiger partial charge in [-0.2, -0.15) is 4.31 Å². The van der Waals surface area contributed by atoms with Crippen molar-refractivity contribution >= 4 is 33.0 Å². The van der Waals surface area contributed by atoms with Crippen LogP contribution in [0.5, 0.6) is 0 Å². The Morgan fingerprint density at radius 3 is 2.78 bits per heavy atom. The van der Waals surface area contributed by atoms with E-state index in [1.165, 1.54) is 22.8 Å². The van der Waals surface area contributed by atoms with Gasteiger partial charge in [0, 0.05) is 19.6 Å². The number of nitrogens with two attached hydrogens (primary N) is 1. The minimum atomic E-state index is -3.70. The number of aryl methyl sites for hydroxylation is 2. The SMILES string of the molecule is Cc1ccc(S(=O)(=O)N2CCOCC2)cc1C(=O)OCCCn1cnc2c(N)ncnc21. The standard InChI is InChI=1S/C20H24N6O5S/c1-14-3-4-15(32(28,29)26-6-9-30-10-7-26)11-16(14)20(27)31-8-2-5-25-13-24-17-18(21)22-12-23-19(17)25/h3-4,11-13H,2,5-10H2,1H3,(H2,21,22,23). The summed E-state index contributed by atoms with van der Waals surface area (Å²) in [7, 11) is -3.70. The molecule has 32 heavy (non-hydrogen) atoms. The first-order valence-electron chi connectivity index (χ1n) is 10.1. The molecule has 0 atom stereocenters. The van der Waals surface area contributed by atoms with Crippen LogP contribution < -0.4 is 5.73 Å². The number of imidazole rings is 1. The highest BCUT2D eigenvalue weighted by molar-refractivity contribution is 7.89. The van der Waals surface area contributed by atoms with E-state index in [0.29, 0.717) is 48.7 Å². The first-order chi connectivity index (χ1) is 15.4. The Hall–Kier alpha value is -3.09. The molecule has 0 amide bonds. The molecule has 0 spiro atoms. The lowest BCUT2D eigenvalue weighted by atomic mass is 10.1. The van der Waals surface area contributed by atoms with E-state index < -0.39 is 16.0 Å². The summed E-state index contributed by atoms with van der Waals surface area (Å²) in [6, 6.07) is 4.51. The van der Waals surface area contributed by atoms with Crippen molar-refractivity contribution in [3.05, 3.63) is 42.0 Å². The Labute approximate surface area is 185 Å². The molecule has 0 saturated carbocycles. The van der Waals surface area contributed by atoms with Crippen LogP contribution in [0.25, 0.3) is 11.2 Å². The molecule has 0 unspecified atom stereocenters. The maximum atomic E-state index is 12.9. The van der Waals surface area contributed by atoms with Crippen molar-refractivity contribution < 1.29 is 22.7 Å². The normalized spacial score (nSPS) is 15.2. The van der Waals surface area contributed by atoms with Crippen molar-refractivity contribution in [2.45, 2.75) is 24.8 Å². The van der Waals surface area contributed by atoms with Gasteiger partial charge in [-0.3, -0.25) is 0 Å². The second-order valence-electron chi connectivity index (χ2n) is 7.35. The fourth-order valence-corrected chi connectivity index (χ4v) is 4.89. The number of ether oxygens (including phenoxy) is 2. The number of sulfonamides is 1. The fourth-order valence-electron chi connectivity index (χ4n) is 3.46. The number of aromatic nitrogens is 4. The Balaban J connectivity index is 1.39.